The fourth-order valence-corrected chi connectivity index (χ4v) is 6.26. The molecule has 2 atom stereocenters. The molecule has 8 nitrogen and oxygen atoms in total. The summed E-state index contributed by atoms with van der Waals surface area (Å²) in [5, 5.41) is 25.3. The van der Waals surface area contributed by atoms with Gasteiger partial charge in [-0.3, -0.25) is 14.9 Å². The van der Waals surface area contributed by atoms with E-state index in [-0.39, 0.29) is 11.6 Å². The zero-order valence-electron chi connectivity index (χ0n) is 16.9. The molecule has 0 spiro atoms. The van der Waals surface area contributed by atoms with Crippen molar-refractivity contribution in [2.45, 2.75) is 50.5 Å². The van der Waals surface area contributed by atoms with E-state index in [1.54, 1.807) is 6.07 Å². The molecule has 1 aromatic rings. The van der Waals surface area contributed by atoms with E-state index in [0.717, 1.165) is 32.1 Å². The van der Waals surface area contributed by atoms with Gasteiger partial charge in [0, 0.05) is 12.1 Å². The summed E-state index contributed by atoms with van der Waals surface area (Å²) in [6.45, 7) is 0.296. The number of aliphatic hydroxyl groups is 1. The van der Waals surface area contributed by atoms with Crippen LogP contribution in [0.3, 0.4) is 0 Å². The van der Waals surface area contributed by atoms with E-state index in [9.17, 15) is 20.0 Å². The van der Waals surface area contributed by atoms with Crippen LogP contribution in [0.5, 0.6) is 11.5 Å². The van der Waals surface area contributed by atoms with Crippen LogP contribution in [-0.2, 0) is 11.2 Å². The highest BCUT2D eigenvalue weighted by Gasteiger charge is 2.60. The highest BCUT2D eigenvalue weighted by atomic mass is 16.6. The molecular formula is C21H28N2O6. The van der Waals surface area contributed by atoms with Gasteiger partial charge < -0.3 is 19.9 Å². The third-order valence-corrected chi connectivity index (χ3v) is 6.97. The monoisotopic (exact) mass is 404 g/mol. The minimum atomic E-state index is -0.691. The number of nitrogens with one attached hydrogen (secondary N) is 1. The summed E-state index contributed by atoms with van der Waals surface area (Å²) < 4.78 is 10.4. The molecule has 4 aliphatic carbocycles. The van der Waals surface area contributed by atoms with Gasteiger partial charge >= 0.3 is 0 Å². The Morgan fingerprint density at radius 1 is 1.21 bits per heavy atom. The Labute approximate surface area is 169 Å². The standard InChI is InChI=1S/C21H28N2O6/c1-28-17-6-15(16(23(26)27)7-18(17)29-2)3-4-22-19(24)20-8-13-5-14(9-20)11-21(25,10-13)12-20/h6-7,13-14,25H,3-5,8-12H2,1-2H3,(H,22,24). The van der Waals surface area contributed by atoms with Crippen molar-refractivity contribution in [2.24, 2.45) is 17.3 Å². The fourth-order valence-electron chi connectivity index (χ4n) is 6.26. The lowest BCUT2D eigenvalue weighted by molar-refractivity contribution is -0.385. The molecule has 0 aromatic heterocycles. The molecule has 1 aromatic carbocycles. The van der Waals surface area contributed by atoms with Crippen molar-refractivity contribution in [1.29, 1.82) is 0 Å². The van der Waals surface area contributed by atoms with Gasteiger partial charge in [0.1, 0.15) is 0 Å². The average molecular weight is 404 g/mol. The molecule has 0 saturated heterocycles. The molecule has 4 fully saturated rings. The Hall–Kier alpha value is -2.35. The van der Waals surface area contributed by atoms with Crippen molar-refractivity contribution in [2.75, 3.05) is 20.8 Å². The predicted octanol–water partition coefficient (Wildman–Crippen LogP) is 2.60. The molecule has 4 aliphatic rings. The summed E-state index contributed by atoms with van der Waals surface area (Å²) in [7, 11) is 2.91. The Bertz CT molecular complexity index is 825. The van der Waals surface area contributed by atoms with E-state index in [1.165, 1.54) is 20.3 Å². The van der Waals surface area contributed by atoms with Crippen molar-refractivity contribution in [1.82, 2.24) is 5.32 Å². The topological polar surface area (TPSA) is 111 Å². The number of amides is 1. The van der Waals surface area contributed by atoms with Gasteiger partial charge in [-0.2, -0.15) is 0 Å². The first-order valence-electron chi connectivity index (χ1n) is 10.2. The normalized spacial score (nSPS) is 32.1. The van der Waals surface area contributed by atoms with Crippen LogP contribution in [0.4, 0.5) is 5.69 Å². The third kappa shape index (κ3) is 3.54. The Kier molecular flexibility index (Phi) is 4.93. The zero-order chi connectivity index (χ0) is 20.8. The molecule has 0 heterocycles. The van der Waals surface area contributed by atoms with Crippen molar-refractivity contribution >= 4 is 11.6 Å². The molecule has 29 heavy (non-hydrogen) atoms. The maximum Gasteiger partial charge on any atom is 0.276 e. The summed E-state index contributed by atoms with van der Waals surface area (Å²) in [4.78, 5) is 24.1. The first-order chi connectivity index (χ1) is 13.8. The second-order valence-corrected chi connectivity index (χ2v) is 9.06. The van der Waals surface area contributed by atoms with Crippen LogP contribution in [0.15, 0.2) is 12.1 Å². The van der Waals surface area contributed by atoms with Gasteiger partial charge in [-0.15, -0.1) is 0 Å². The molecule has 158 valence electrons. The SMILES string of the molecule is COc1cc(CCNC(=O)C23CC4CC(CC(O)(C4)C2)C3)c([N+](=O)[O-])cc1OC. The number of rotatable bonds is 7. The van der Waals surface area contributed by atoms with Crippen molar-refractivity contribution in [3.63, 3.8) is 0 Å². The molecule has 4 saturated carbocycles. The molecule has 2 unspecified atom stereocenters. The second-order valence-electron chi connectivity index (χ2n) is 9.06. The number of nitro groups is 1. The van der Waals surface area contributed by atoms with Gasteiger partial charge in [-0.25, -0.2) is 0 Å². The van der Waals surface area contributed by atoms with Gasteiger partial charge in [0.25, 0.3) is 5.69 Å². The van der Waals surface area contributed by atoms with Crippen LogP contribution < -0.4 is 14.8 Å². The smallest absolute Gasteiger partial charge is 0.276 e. The minimum absolute atomic E-state index is 0.0202. The maximum absolute atomic E-state index is 13.1. The first-order valence-corrected chi connectivity index (χ1v) is 10.2. The molecular weight excluding hydrogens is 376 g/mol. The number of hydrogen-bond donors (Lipinski definition) is 2. The number of nitro benzene ring substituents is 1. The van der Waals surface area contributed by atoms with Gasteiger partial charge in [0.05, 0.1) is 36.2 Å². The number of nitrogens with zero attached hydrogens (tertiary/aromatic N) is 1. The van der Waals surface area contributed by atoms with Crippen LogP contribution in [-0.4, -0.2) is 42.3 Å². The van der Waals surface area contributed by atoms with Crippen LogP contribution >= 0.6 is 0 Å². The number of carbonyl (C=O) groups excluding carboxylic acids is 1. The maximum atomic E-state index is 13.1. The number of ether oxygens (including phenoxy) is 2. The van der Waals surface area contributed by atoms with Crippen LogP contribution in [0.25, 0.3) is 0 Å². The number of hydrogen-bond acceptors (Lipinski definition) is 6. The Morgan fingerprint density at radius 3 is 2.38 bits per heavy atom. The van der Waals surface area contributed by atoms with E-state index >= 15 is 0 Å². The molecule has 4 bridgehead atoms. The Balaban J connectivity index is 1.45. The lowest BCUT2D eigenvalue weighted by Crippen LogP contribution is -2.60. The average Bonchev–Trinajstić information content (AvgIpc) is 2.65. The molecule has 2 N–H and O–H groups in total. The van der Waals surface area contributed by atoms with Crippen molar-refractivity contribution in [3.05, 3.63) is 27.8 Å². The van der Waals surface area contributed by atoms with Crippen molar-refractivity contribution < 1.29 is 24.3 Å². The van der Waals surface area contributed by atoms with Crippen LogP contribution in [0.2, 0.25) is 0 Å². The van der Waals surface area contributed by atoms with Crippen LogP contribution in [0.1, 0.15) is 44.1 Å². The molecule has 1 amide bonds. The predicted molar refractivity (Wildman–Crippen MR) is 105 cm³/mol. The van der Waals surface area contributed by atoms with E-state index in [1.807, 2.05) is 0 Å². The summed E-state index contributed by atoms with van der Waals surface area (Å²) >= 11 is 0. The summed E-state index contributed by atoms with van der Waals surface area (Å²) in [5.74, 6) is 1.56. The summed E-state index contributed by atoms with van der Waals surface area (Å²) in [6, 6.07) is 2.95. The highest BCUT2D eigenvalue weighted by molar-refractivity contribution is 5.83. The van der Waals surface area contributed by atoms with E-state index < -0.39 is 15.9 Å². The quantitative estimate of drug-likeness (QED) is 0.534. The second kappa shape index (κ2) is 7.16. The summed E-state index contributed by atoms with van der Waals surface area (Å²) in [5.41, 5.74) is -0.746. The van der Waals surface area contributed by atoms with E-state index in [0.29, 0.717) is 48.3 Å². The number of benzene rings is 1. The van der Waals surface area contributed by atoms with E-state index in [4.69, 9.17) is 9.47 Å². The lowest BCUT2D eigenvalue weighted by Gasteiger charge is -2.59. The van der Waals surface area contributed by atoms with Gasteiger partial charge in [0.2, 0.25) is 5.91 Å². The highest BCUT2D eigenvalue weighted by Crippen LogP contribution is 2.61. The number of carbonyl (C=O) groups is 1. The largest absolute Gasteiger partial charge is 0.493 e. The molecule has 0 aliphatic heterocycles. The fraction of sp³-hybridized carbons (Fsp3) is 0.667. The first kappa shape index (κ1) is 19.9. The molecule has 0 radical (unpaired) electrons. The lowest BCUT2D eigenvalue weighted by atomic mass is 9.47. The molecule has 5 rings (SSSR count). The van der Waals surface area contributed by atoms with Gasteiger partial charge in [0.15, 0.2) is 11.5 Å². The van der Waals surface area contributed by atoms with Crippen LogP contribution in [0, 0.1) is 27.4 Å². The minimum Gasteiger partial charge on any atom is -0.493 e. The Morgan fingerprint density at radius 2 is 1.83 bits per heavy atom. The zero-order valence-corrected chi connectivity index (χ0v) is 16.9. The summed E-state index contributed by atoms with van der Waals surface area (Å²) in [6.07, 6.45) is 5.29. The van der Waals surface area contributed by atoms with Gasteiger partial charge in [-0.05, 0) is 62.8 Å². The third-order valence-electron chi connectivity index (χ3n) is 6.97. The number of methoxy groups -OCH3 is 2. The van der Waals surface area contributed by atoms with Gasteiger partial charge in [-0.1, -0.05) is 0 Å². The van der Waals surface area contributed by atoms with Crippen molar-refractivity contribution in [3.8, 4) is 11.5 Å². The molecule has 8 heteroatoms. The van der Waals surface area contributed by atoms with E-state index in [2.05, 4.69) is 5.32 Å².